The summed E-state index contributed by atoms with van der Waals surface area (Å²) < 4.78 is 1.91. The molecule has 0 amide bonds. The fraction of sp³-hybridized carbons (Fsp3) is 0.333. The number of hydrogen-bond donors (Lipinski definition) is 2. The number of nitrogen functional groups attached to an aromatic ring is 1. The Bertz CT molecular complexity index is 588. The highest BCUT2D eigenvalue weighted by molar-refractivity contribution is 5.92. The summed E-state index contributed by atoms with van der Waals surface area (Å²) in [5, 5.41) is 3.98. The molecule has 3 N–H and O–H groups in total. The third-order valence-corrected chi connectivity index (χ3v) is 2.47. The number of fused-ring (bicyclic) bond motifs is 1. The predicted octanol–water partition coefficient (Wildman–Crippen LogP) is 0.511. The normalized spacial score (nSPS) is 10.2. The molecule has 2 rings (SSSR count). The number of nitrogens with two attached hydrogens (primary N) is 1. The summed E-state index contributed by atoms with van der Waals surface area (Å²) in [5.41, 5.74) is 7.54. The van der Waals surface area contributed by atoms with Gasteiger partial charge in [0.25, 0.3) is 0 Å². The van der Waals surface area contributed by atoms with Crippen molar-refractivity contribution in [1.29, 1.82) is 0 Å². The standard InChI is InChI=1S/C12H15N5/c1-3-14-6-4-5-9-7-17(2)12-10(9)11(13)15-8-16-12/h7-8,14H,3,6H2,1-2H3,(H2,13,15,16). The Morgan fingerprint density at radius 2 is 2.29 bits per heavy atom. The zero-order chi connectivity index (χ0) is 12.3. The van der Waals surface area contributed by atoms with Crippen molar-refractivity contribution in [2.24, 2.45) is 7.05 Å². The summed E-state index contributed by atoms with van der Waals surface area (Å²) in [6, 6.07) is 0. The van der Waals surface area contributed by atoms with Crippen molar-refractivity contribution in [1.82, 2.24) is 19.9 Å². The van der Waals surface area contributed by atoms with Gasteiger partial charge in [-0.05, 0) is 6.54 Å². The van der Waals surface area contributed by atoms with Gasteiger partial charge in [0.1, 0.15) is 17.8 Å². The lowest BCUT2D eigenvalue weighted by atomic mass is 10.2. The van der Waals surface area contributed by atoms with Gasteiger partial charge in [-0.25, -0.2) is 9.97 Å². The number of aryl methyl sites for hydroxylation is 1. The molecule has 88 valence electrons. The van der Waals surface area contributed by atoms with Crippen molar-refractivity contribution in [3.63, 3.8) is 0 Å². The molecule has 0 spiro atoms. The van der Waals surface area contributed by atoms with Crippen LogP contribution in [-0.4, -0.2) is 27.6 Å². The molecule has 5 nitrogen and oxygen atoms in total. The molecule has 0 aliphatic heterocycles. The molecular formula is C12H15N5. The van der Waals surface area contributed by atoms with Gasteiger partial charge in [0.05, 0.1) is 17.5 Å². The first-order valence-corrected chi connectivity index (χ1v) is 5.49. The second kappa shape index (κ2) is 4.85. The van der Waals surface area contributed by atoms with E-state index in [4.69, 9.17) is 5.73 Å². The summed E-state index contributed by atoms with van der Waals surface area (Å²) in [7, 11) is 1.92. The number of aromatic nitrogens is 3. The monoisotopic (exact) mass is 229 g/mol. The molecule has 0 aliphatic carbocycles. The summed E-state index contributed by atoms with van der Waals surface area (Å²) in [5.74, 6) is 6.62. The Hall–Kier alpha value is -2.06. The fourth-order valence-corrected chi connectivity index (χ4v) is 1.66. The molecule has 0 aromatic carbocycles. The third kappa shape index (κ3) is 2.22. The van der Waals surface area contributed by atoms with E-state index in [1.807, 2.05) is 24.7 Å². The van der Waals surface area contributed by atoms with Crippen molar-refractivity contribution in [3.8, 4) is 11.8 Å². The Morgan fingerprint density at radius 3 is 3.06 bits per heavy atom. The maximum atomic E-state index is 5.85. The van der Waals surface area contributed by atoms with Gasteiger partial charge in [0, 0.05) is 13.2 Å². The van der Waals surface area contributed by atoms with Gasteiger partial charge in [0.2, 0.25) is 0 Å². The maximum Gasteiger partial charge on any atom is 0.146 e. The first kappa shape index (κ1) is 11.4. The molecule has 0 unspecified atom stereocenters. The lowest BCUT2D eigenvalue weighted by Gasteiger charge is -1.95. The SMILES string of the molecule is CCNCC#Cc1cn(C)c2ncnc(N)c12. The van der Waals surface area contributed by atoms with E-state index in [1.54, 1.807) is 0 Å². The second-order valence-electron chi connectivity index (χ2n) is 3.69. The first-order chi connectivity index (χ1) is 8.24. The average Bonchev–Trinajstić information content (AvgIpc) is 2.64. The largest absolute Gasteiger partial charge is 0.383 e. The molecule has 17 heavy (non-hydrogen) atoms. The van der Waals surface area contributed by atoms with Crippen LogP contribution in [0.5, 0.6) is 0 Å². The van der Waals surface area contributed by atoms with Crippen LogP contribution in [0.4, 0.5) is 5.82 Å². The smallest absolute Gasteiger partial charge is 0.146 e. The van der Waals surface area contributed by atoms with Crippen molar-refractivity contribution in [2.75, 3.05) is 18.8 Å². The number of nitrogens with one attached hydrogen (secondary N) is 1. The van der Waals surface area contributed by atoms with Gasteiger partial charge in [0.15, 0.2) is 0 Å². The van der Waals surface area contributed by atoms with Gasteiger partial charge in [-0.3, -0.25) is 0 Å². The zero-order valence-corrected chi connectivity index (χ0v) is 9.99. The van der Waals surface area contributed by atoms with Crippen molar-refractivity contribution in [3.05, 3.63) is 18.1 Å². The molecule has 0 radical (unpaired) electrons. The Morgan fingerprint density at radius 1 is 1.47 bits per heavy atom. The van der Waals surface area contributed by atoms with Crippen LogP contribution in [0.3, 0.4) is 0 Å². The maximum absolute atomic E-state index is 5.85. The highest BCUT2D eigenvalue weighted by Crippen LogP contribution is 2.21. The minimum atomic E-state index is 0.475. The topological polar surface area (TPSA) is 68.8 Å². The van der Waals surface area contributed by atoms with Gasteiger partial charge in [-0.1, -0.05) is 18.8 Å². The van der Waals surface area contributed by atoms with Crippen LogP contribution in [0, 0.1) is 11.8 Å². The highest BCUT2D eigenvalue weighted by atomic mass is 15.0. The van der Waals surface area contributed by atoms with E-state index >= 15 is 0 Å². The molecule has 2 heterocycles. The summed E-state index contributed by atoms with van der Waals surface area (Å²) in [4.78, 5) is 8.19. The van der Waals surface area contributed by atoms with Crippen LogP contribution >= 0.6 is 0 Å². The van der Waals surface area contributed by atoms with E-state index in [0.29, 0.717) is 12.4 Å². The lowest BCUT2D eigenvalue weighted by Crippen LogP contribution is -2.11. The molecule has 2 aromatic rings. The van der Waals surface area contributed by atoms with Crippen LogP contribution < -0.4 is 11.1 Å². The lowest BCUT2D eigenvalue weighted by molar-refractivity contribution is 0.811. The molecule has 2 aromatic heterocycles. The van der Waals surface area contributed by atoms with Crippen LogP contribution in [0.25, 0.3) is 11.0 Å². The van der Waals surface area contributed by atoms with Crippen molar-refractivity contribution in [2.45, 2.75) is 6.92 Å². The van der Waals surface area contributed by atoms with E-state index in [0.717, 1.165) is 23.1 Å². The van der Waals surface area contributed by atoms with E-state index in [2.05, 4.69) is 27.1 Å². The zero-order valence-electron chi connectivity index (χ0n) is 9.99. The van der Waals surface area contributed by atoms with E-state index < -0.39 is 0 Å². The average molecular weight is 229 g/mol. The minimum absolute atomic E-state index is 0.475. The van der Waals surface area contributed by atoms with E-state index in [9.17, 15) is 0 Å². The van der Waals surface area contributed by atoms with Crippen molar-refractivity contribution >= 4 is 16.9 Å². The van der Waals surface area contributed by atoms with Crippen LogP contribution in [0.15, 0.2) is 12.5 Å². The van der Waals surface area contributed by atoms with Gasteiger partial charge in [-0.15, -0.1) is 0 Å². The molecule has 0 fully saturated rings. The summed E-state index contributed by atoms with van der Waals surface area (Å²) in [6.07, 6.45) is 3.39. The minimum Gasteiger partial charge on any atom is -0.383 e. The number of hydrogen-bond acceptors (Lipinski definition) is 4. The van der Waals surface area contributed by atoms with Crippen molar-refractivity contribution < 1.29 is 0 Å². The number of anilines is 1. The number of nitrogens with zero attached hydrogens (tertiary/aromatic N) is 3. The Kier molecular flexibility index (Phi) is 3.26. The Balaban J connectivity index is 2.43. The molecule has 5 heteroatoms. The third-order valence-electron chi connectivity index (χ3n) is 2.47. The van der Waals surface area contributed by atoms with Gasteiger partial charge < -0.3 is 15.6 Å². The molecule has 0 saturated carbocycles. The molecule has 0 saturated heterocycles. The molecule has 0 atom stereocenters. The van der Waals surface area contributed by atoms with E-state index in [-0.39, 0.29) is 0 Å². The Labute approximate surface area is 100 Å². The summed E-state index contributed by atoms with van der Waals surface area (Å²) >= 11 is 0. The fourth-order valence-electron chi connectivity index (χ4n) is 1.66. The highest BCUT2D eigenvalue weighted by Gasteiger charge is 2.09. The van der Waals surface area contributed by atoms with E-state index in [1.165, 1.54) is 6.33 Å². The first-order valence-electron chi connectivity index (χ1n) is 5.49. The molecular weight excluding hydrogens is 214 g/mol. The van der Waals surface area contributed by atoms with Crippen LogP contribution in [0.1, 0.15) is 12.5 Å². The quantitative estimate of drug-likeness (QED) is 0.581. The van der Waals surface area contributed by atoms with Gasteiger partial charge >= 0.3 is 0 Å². The number of rotatable bonds is 2. The second-order valence-corrected chi connectivity index (χ2v) is 3.69. The van der Waals surface area contributed by atoms with Gasteiger partial charge in [-0.2, -0.15) is 0 Å². The van der Waals surface area contributed by atoms with Crippen LogP contribution in [-0.2, 0) is 7.05 Å². The molecule has 0 bridgehead atoms. The summed E-state index contributed by atoms with van der Waals surface area (Å²) in [6.45, 7) is 3.63. The molecule has 0 aliphatic rings. The predicted molar refractivity (Wildman–Crippen MR) is 68.3 cm³/mol. The van der Waals surface area contributed by atoms with Crippen LogP contribution in [0.2, 0.25) is 0 Å².